The second-order valence-corrected chi connectivity index (χ2v) is 5.67. The standard InChI is InChI=1S/C16H23NO3/c1-3-11-7-9-12(10-8-11)17(2)16(20)15-13(18)5-4-6-14(15)19/h4-6,11-12,18-19H,3,7-10H2,1-2H3. The van der Waals surface area contributed by atoms with Crippen LogP contribution in [0.5, 0.6) is 11.5 Å². The molecule has 1 aliphatic carbocycles. The Morgan fingerprint density at radius 2 is 1.75 bits per heavy atom. The van der Waals surface area contributed by atoms with Crippen molar-refractivity contribution in [3.63, 3.8) is 0 Å². The summed E-state index contributed by atoms with van der Waals surface area (Å²) in [5.41, 5.74) is 0.00705. The molecule has 0 aliphatic heterocycles. The molecule has 0 heterocycles. The zero-order chi connectivity index (χ0) is 14.7. The van der Waals surface area contributed by atoms with Gasteiger partial charge in [-0.15, -0.1) is 0 Å². The number of aromatic hydroxyl groups is 2. The third-order valence-corrected chi connectivity index (χ3v) is 4.50. The largest absolute Gasteiger partial charge is 0.507 e. The van der Waals surface area contributed by atoms with E-state index in [0.717, 1.165) is 31.6 Å². The lowest BCUT2D eigenvalue weighted by Crippen LogP contribution is -2.39. The first-order valence-electron chi connectivity index (χ1n) is 7.32. The van der Waals surface area contributed by atoms with Gasteiger partial charge in [0.05, 0.1) is 0 Å². The maximum absolute atomic E-state index is 12.4. The van der Waals surface area contributed by atoms with Crippen LogP contribution in [0.15, 0.2) is 18.2 Å². The van der Waals surface area contributed by atoms with Crippen LogP contribution in [0.3, 0.4) is 0 Å². The Hall–Kier alpha value is -1.71. The summed E-state index contributed by atoms with van der Waals surface area (Å²) in [6.07, 6.45) is 5.48. The summed E-state index contributed by atoms with van der Waals surface area (Å²) in [6.45, 7) is 2.21. The van der Waals surface area contributed by atoms with Crippen LogP contribution >= 0.6 is 0 Å². The normalized spacial score (nSPS) is 22.5. The van der Waals surface area contributed by atoms with E-state index in [2.05, 4.69) is 6.92 Å². The van der Waals surface area contributed by atoms with Crippen molar-refractivity contribution in [2.24, 2.45) is 5.92 Å². The molecule has 0 bridgehead atoms. The highest BCUT2D eigenvalue weighted by molar-refractivity contribution is 5.99. The Bertz CT molecular complexity index is 458. The molecule has 0 atom stereocenters. The quantitative estimate of drug-likeness (QED) is 0.892. The van der Waals surface area contributed by atoms with E-state index in [0.29, 0.717) is 0 Å². The Kier molecular flexibility index (Phi) is 4.53. The maximum atomic E-state index is 12.4. The minimum absolute atomic E-state index is 0.00705. The van der Waals surface area contributed by atoms with Crippen LogP contribution in [0, 0.1) is 5.92 Å². The summed E-state index contributed by atoms with van der Waals surface area (Å²) < 4.78 is 0. The first kappa shape index (κ1) is 14.7. The predicted octanol–water partition coefficient (Wildman–Crippen LogP) is 3.14. The van der Waals surface area contributed by atoms with Gasteiger partial charge in [0.2, 0.25) is 0 Å². The van der Waals surface area contributed by atoms with Crippen molar-refractivity contribution in [3.05, 3.63) is 23.8 Å². The molecule has 1 amide bonds. The van der Waals surface area contributed by atoms with Crippen molar-refractivity contribution in [2.45, 2.75) is 45.1 Å². The topological polar surface area (TPSA) is 60.8 Å². The summed E-state index contributed by atoms with van der Waals surface area (Å²) in [7, 11) is 1.76. The van der Waals surface area contributed by atoms with Crippen molar-refractivity contribution >= 4 is 5.91 Å². The van der Waals surface area contributed by atoms with Gasteiger partial charge >= 0.3 is 0 Å². The van der Waals surface area contributed by atoms with Crippen LogP contribution in [-0.4, -0.2) is 34.1 Å². The number of amides is 1. The minimum Gasteiger partial charge on any atom is -0.507 e. The summed E-state index contributed by atoms with van der Waals surface area (Å²) in [4.78, 5) is 14.1. The molecule has 0 aromatic heterocycles. The maximum Gasteiger partial charge on any atom is 0.261 e. The number of carbonyl (C=O) groups is 1. The highest BCUT2D eigenvalue weighted by atomic mass is 16.3. The number of benzene rings is 1. The molecule has 1 saturated carbocycles. The molecule has 2 rings (SSSR count). The Balaban J connectivity index is 2.10. The van der Waals surface area contributed by atoms with Gasteiger partial charge in [0.15, 0.2) is 0 Å². The smallest absolute Gasteiger partial charge is 0.261 e. The average Bonchev–Trinajstić information content (AvgIpc) is 2.46. The fourth-order valence-corrected chi connectivity index (χ4v) is 3.03. The summed E-state index contributed by atoms with van der Waals surface area (Å²) in [5.74, 6) is 0.141. The monoisotopic (exact) mass is 277 g/mol. The van der Waals surface area contributed by atoms with Crippen molar-refractivity contribution < 1.29 is 15.0 Å². The number of hydrogen-bond acceptors (Lipinski definition) is 3. The molecule has 2 N–H and O–H groups in total. The molecule has 1 aromatic rings. The fourth-order valence-electron chi connectivity index (χ4n) is 3.03. The molecule has 0 radical (unpaired) electrons. The molecule has 0 spiro atoms. The number of carbonyl (C=O) groups excluding carboxylic acids is 1. The van der Waals surface area contributed by atoms with Gasteiger partial charge in [-0.3, -0.25) is 4.79 Å². The predicted molar refractivity (Wildman–Crippen MR) is 77.9 cm³/mol. The summed E-state index contributed by atoms with van der Waals surface area (Å²) >= 11 is 0. The lowest BCUT2D eigenvalue weighted by molar-refractivity contribution is 0.0668. The van der Waals surface area contributed by atoms with Crippen LogP contribution < -0.4 is 0 Å². The molecule has 0 saturated heterocycles. The molecule has 1 aromatic carbocycles. The molecular formula is C16H23NO3. The van der Waals surface area contributed by atoms with E-state index in [1.165, 1.54) is 24.6 Å². The summed E-state index contributed by atoms with van der Waals surface area (Å²) in [5, 5.41) is 19.6. The Morgan fingerprint density at radius 1 is 1.20 bits per heavy atom. The Morgan fingerprint density at radius 3 is 2.25 bits per heavy atom. The zero-order valence-electron chi connectivity index (χ0n) is 12.2. The van der Waals surface area contributed by atoms with Gasteiger partial charge in [-0.1, -0.05) is 19.4 Å². The minimum atomic E-state index is -0.305. The molecule has 0 unspecified atom stereocenters. The Labute approximate surface area is 120 Å². The van der Waals surface area contributed by atoms with E-state index < -0.39 is 0 Å². The molecule has 20 heavy (non-hydrogen) atoms. The van der Waals surface area contributed by atoms with Gasteiger partial charge in [-0.2, -0.15) is 0 Å². The zero-order valence-corrected chi connectivity index (χ0v) is 12.2. The second kappa shape index (κ2) is 6.16. The summed E-state index contributed by atoms with van der Waals surface area (Å²) in [6, 6.07) is 4.57. The molecular weight excluding hydrogens is 254 g/mol. The van der Waals surface area contributed by atoms with Gasteiger partial charge < -0.3 is 15.1 Å². The van der Waals surface area contributed by atoms with Crippen LogP contribution in [0.1, 0.15) is 49.4 Å². The number of hydrogen-bond donors (Lipinski definition) is 2. The van der Waals surface area contributed by atoms with E-state index in [1.807, 2.05) is 0 Å². The second-order valence-electron chi connectivity index (χ2n) is 5.67. The van der Waals surface area contributed by atoms with Crippen LogP contribution in [0.4, 0.5) is 0 Å². The third-order valence-electron chi connectivity index (χ3n) is 4.50. The molecule has 4 heteroatoms. The van der Waals surface area contributed by atoms with Crippen LogP contribution in [0.2, 0.25) is 0 Å². The molecule has 110 valence electrons. The van der Waals surface area contributed by atoms with E-state index in [1.54, 1.807) is 11.9 Å². The molecule has 1 aliphatic rings. The van der Waals surface area contributed by atoms with Gasteiger partial charge in [0.1, 0.15) is 17.1 Å². The molecule has 4 nitrogen and oxygen atoms in total. The van der Waals surface area contributed by atoms with Gasteiger partial charge in [-0.25, -0.2) is 0 Å². The van der Waals surface area contributed by atoms with E-state index >= 15 is 0 Å². The first-order valence-corrected chi connectivity index (χ1v) is 7.32. The van der Waals surface area contributed by atoms with Gasteiger partial charge in [-0.05, 0) is 43.7 Å². The number of phenols is 2. The highest BCUT2D eigenvalue weighted by Crippen LogP contribution is 2.32. The van der Waals surface area contributed by atoms with Gasteiger partial charge in [0, 0.05) is 13.1 Å². The van der Waals surface area contributed by atoms with Crippen molar-refractivity contribution in [2.75, 3.05) is 7.05 Å². The SMILES string of the molecule is CCC1CCC(N(C)C(=O)c2c(O)cccc2O)CC1. The van der Waals surface area contributed by atoms with E-state index in [-0.39, 0.29) is 29.0 Å². The average molecular weight is 277 g/mol. The number of rotatable bonds is 3. The lowest BCUT2D eigenvalue weighted by atomic mass is 9.84. The molecule has 1 fully saturated rings. The number of phenolic OH excluding ortho intramolecular Hbond substituents is 2. The fraction of sp³-hybridized carbons (Fsp3) is 0.562. The number of nitrogens with zero attached hydrogens (tertiary/aromatic N) is 1. The third kappa shape index (κ3) is 2.89. The lowest BCUT2D eigenvalue weighted by Gasteiger charge is -2.34. The van der Waals surface area contributed by atoms with Gasteiger partial charge in [0.25, 0.3) is 5.91 Å². The van der Waals surface area contributed by atoms with Crippen molar-refractivity contribution in [1.29, 1.82) is 0 Å². The van der Waals surface area contributed by atoms with Crippen LogP contribution in [0.25, 0.3) is 0 Å². The van der Waals surface area contributed by atoms with E-state index in [9.17, 15) is 15.0 Å². The van der Waals surface area contributed by atoms with Crippen LogP contribution in [-0.2, 0) is 0 Å². The first-order chi connectivity index (χ1) is 9.54. The van der Waals surface area contributed by atoms with E-state index in [4.69, 9.17) is 0 Å². The van der Waals surface area contributed by atoms with Crippen molar-refractivity contribution in [1.82, 2.24) is 4.90 Å². The highest BCUT2D eigenvalue weighted by Gasteiger charge is 2.28. The van der Waals surface area contributed by atoms with Crippen molar-refractivity contribution in [3.8, 4) is 11.5 Å².